The average Bonchev–Trinajstić information content (AvgIpc) is 2.74. The van der Waals surface area contributed by atoms with Gasteiger partial charge in [0.1, 0.15) is 6.10 Å². The van der Waals surface area contributed by atoms with Crippen molar-refractivity contribution in [3.05, 3.63) is 51.6 Å². The highest BCUT2D eigenvalue weighted by molar-refractivity contribution is 5.98. The first-order chi connectivity index (χ1) is 8.09. The van der Waals surface area contributed by atoms with Crippen LogP contribution < -0.4 is 0 Å². The number of nitrogens with zero attached hydrogens (tertiary/aromatic N) is 1. The summed E-state index contributed by atoms with van der Waals surface area (Å²) in [7, 11) is 0. The van der Waals surface area contributed by atoms with Crippen LogP contribution in [0.2, 0.25) is 0 Å². The van der Waals surface area contributed by atoms with E-state index in [1.807, 2.05) is 0 Å². The number of nitro groups is 1. The maximum atomic E-state index is 11.4. The van der Waals surface area contributed by atoms with Crippen molar-refractivity contribution in [1.29, 1.82) is 0 Å². The maximum absolute atomic E-state index is 11.4. The second kappa shape index (κ2) is 4.47. The Bertz CT molecular complexity index is 507. The van der Waals surface area contributed by atoms with Gasteiger partial charge in [-0.25, -0.2) is 0 Å². The van der Waals surface area contributed by atoms with Crippen molar-refractivity contribution in [3.63, 3.8) is 0 Å². The molecule has 0 heterocycles. The molecule has 0 spiro atoms. The fourth-order valence-electron chi connectivity index (χ4n) is 1.87. The Kier molecular flexibility index (Phi) is 3.01. The summed E-state index contributed by atoms with van der Waals surface area (Å²) in [6.45, 7) is 0. The first kappa shape index (κ1) is 11.5. The number of aliphatic hydroxyl groups excluding tert-OH is 1. The molecule has 0 bridgehead atoms. The fourth-order valence-corrected chi connectivity index (χ4v) is 1.87. The number of carbonyl (C=O) groups is 1. The van der Waals surface area contributed by atoms with Gasteiger partial charge in [0.25, 0.3) is 5.69 Å². The minimum atomic E-state index is -1.06. The summed E-state index contributed by atoms with van der Waals surface area (Å²) >= 11 is 0. The summed E-state index contributed by atoms with van der Waals surface area (Å²) in [5.41, 5.74) is 0.624. The van der Waals surface area contributed by atoms with Gasteiger partial charge in [0.05, 0.1) is 4.92 Å². The lowest BCUT2D eigenvalue weighted by molar-refractivity contribution is -0.385. The molecule has 1 aromatic carbocycles. The zero-order chi connectivity index (χ0) is 12.4. The van der Waals surface area contributed by atoms with Crippen LogP contribution in [-0.2, 0) is 4.79 Å². The summed E-state index contributed by atoms with van der Waals surface area (Å²) < 4.78 is 0. The van der Waals surface area contributed by atoms with E-state index in [1.54, 1.807) is 12.1 Å². The molecule has 0 amide bonds. The molecule has 0 saturated heterocycles. The van der Waals surface area contributed by atoms with E-state index < -0.39 is 11.0 Å². The Labute approximate surface area is 97.5 Å². The largest absolute Gasteiger partial charge is 0.384 e. The van der Waals surface area contributed by atoms with Crippen LogP contribution >= 0.6 is 0 Å². The molecule has 0 radical (unpaired) electrons. The summed E-state index contributed by atoms with van der Waals surface area (Å²) in [6.07, 6.45) is 1.65. The lowest BCUT2D eigenvalue weighted by Gasteiger charge is -2.10. The summed E-state index contributed by atoms with van der Waals surface area (Å²) in [4.78, 5) is 21.5. The number of hydrogen-bond acceptors (Lipinski definition) is 4. The molecular formula is C12H11NO4. The van der Waals surface area contributed by atoms with Crippen molar-refractivity contribution < 1.29 is 14.8 Å². The van der Waals surface area contributed by atoms with Crippen molar-refractivity contribution in [2.24, 2.45) is 0 Å². The second-order valence-corrected chi connectivity index (χ2v) is 3.88. The molecule has 5 nitrogen and oxygen atoms in total. The van der Waals surface area contributed by atoms with Crippen LogP contribution in [0.25, 0.3) is 0 Å². The van der Waals surface area contributed by atoms with Crippen LogP contribution in [0.1, 0.15) is 24.5 Å². The van der Waals surface area contributed by atoms with Gasteiger partial charge in [-0.2, -0.15) is 0 Å². The van der Waals surface area contributed by atoms with Crippen LogP contribution in [0, 0.1) is 10.1 Å². The van der Waals surface area contributed by atoms with Crippen molar-refractivity contribution >= 4 is 11.5 Å². The molecule has 1 atom stereocenters. The van der Waals surface area contributed by atoms with Crippen LogP contribution in [0.15, 0.2) is 35.9 Å². The Hall–Kier alpha value is -2.01. The van der Waals surface area contributed by atoms with Gasteiger partial charge in [-0.3, -0.25) is 14.9 Å². The molecule has 0 fully saturated rings. The van der Waals surface area contributed by atoms with E-state index in [9.17, 15) is 20.0 Å². The molecular weight excluding hydrogens is 222 g/mol. The minimum Gasteiger partial charge on any atom is -0.384 e. The molecule has 5 heteroatoms. The lowest BCUT2D eigenvalue weighted by atomic mass is 10.00. The molecule has 1 aliphatic carbocycles. The zero-order valence-corrected chi connectivity index (χ0v) is 9.00. The number of aliphatic hydroxyl groups is 1. The van der Waals surface area contributed by atoms with Gasteiger partial charge < -0.3 is 5.11 Å². The third-order valence-corrected chi connectivity index (χ3v) is 2.75. The van der Waals surface area contributed by atoms with Crippen molar-refractivity contribution in [1.82, 2.24) is 0 Å². The summed E-state index contributed by atoms with van der Waals surface area (Å²) in [5.74, 6) is -0.0935. The van der Waals surface area contributed by atoms with E-state index in [2.05, 4.69) is 0 Å². The number of ketones is 1. The first-order valence-electron chi connectivity index (χ1n) is 5.25. The van der Waals surface area contributed by atoms with Crippen LogP contribution in [0.5, 0.6) is 0 Å². The first-order valence-corrected chi connectivity index (χ1v) is 5.25. The third kappa shape index (κ3) is 2.24. The number of Topliss-reactive ketones (excluding diaryl/α,β-unsaturated/α-hetero) is 1. The predicted octanol–water partition coefficient (Wildman–Crippen LogP) is 1.92. The van der Waals surface area contributed by atoms with E-state index in [-0.39, 0.29) is 11.5 Å². The highest BCUT2D eigenvalue weighted by Gasteiger charge is 2.24. The smallest absolute Gasteiger partial charge is 0.269 e. The molecule has 1 aliphatic rings. The summed E-state index contributed by atoms with van der Waals surface area (Å²) in [5, 5.41) is 20.6. The Morgan fingerprint density at radius 1 is 1.41 bits per heavy atom. The standard InChI is InChI=1S/C12H11NO4/c14-11-6-2-5-10(11)12(15)8-3-1-4-9(7-8)13(16)17/h1,3-5,7,12,15H,2,6H2. The molecule has 1 unspecified atom stereocenters. The SMILES string of the molecule is O=C1CCC=C1C(O)c1cccc([N+](=O)[O-])c1. The van der Waals surface area contributed by atoms with Gasteiger partial charge in [-0.05, 0) is 12.0 Å². The van der Waals surface area contributed by atoms with E-state index in [0.717, 1.165) is 0 Å². The Morgan fingerprint density at radius 3 is 2.76 bits per heavy atom. The van der Waals surface area contributed by atoms with Crippen molar-refractivity contribution in [2.45, 2.75) is 18.9 Å². The molecule has 1 N–H and O–H groups in total. The number of hydrogen-bond donors (Lipinski definition) is 1. The summed E-state index contributed by atoms with van der Waals surface area (Å²) in [6, 6.07) is 5.71. The zero-order valence-electron chi connectivity index (χ0n) is 9.00. The van der Waals surface area contributed by atoms with Crippen molar-refractivity contribution in [2.75, 3.05) is 0 Å². The number of benzene rings is 1. The molecule has 2 rings (SSSR count). The van der Waals surface area contributed by atoms with Gasteiger partial charge in [-0.1, -0.05) is 18.2 Å². The quantitative estimate of drug-likeness (QED) is 0.638. The Balaban J connectivity index is 2.31. The number of non-ortho nitro benzene ring substituents is 1. The van der Waals surface area contributed by atoms with Crippen LogP contribution in [0.3, 0.4) is 0 Å². The van der Waals surface area contributed by atoms with E-state index in [4.69, 9.17) is 0 Å². The van der Waals surface area contributed by atoms with Crippen molar-refractivity contribution in [3.8, 4) is 0 Å². The van der Waals surface area contributed by atoms with E-state index in [0.29, 0.717) is 24.0 Å². The third-order valence-electron chi connectivity index (χ3n) is 2.75. The van der Waals surface area contributed by atoms with Crippen LogP contribution in [-0.4, -0.2) is 15.8 Å². The average molecular weight is 233 g/mol. The number of rotatable bonds is 3. The van der Waals surface area contributed by atoms with Gasteiger partial charge >= 0.3 is 0 Å². The number of allylic oxidation sites excluding steroid dienone is 1. The number of carbonyl (C=O) groups excluding carboxylic acids is 1. The highest BCUT2D eigenvalue weighted by Crippen LogP contribution is 2.29. The molecule has 0 saturated carbocycles. The predicted molar refractivity (Wildman–Crippen MR) is 60.4 cm³/mol. The maximum Gasteiger partial charge on any atom is 0.269 e. The van der Waals surface area contributed by atoms with E-state index in [1.165, 1.54) is 18.2 Å². The normalized spacial score (nSPS) is 16.8. The molecule has 0 aliphatic heterocycles. The van der Waals surface area contributed by atoms with Gasteiger partial charge in [0.15, 0.2) is 5.78 Å². The minimum absolute atomic E-state index is 0.0902. The number of nitro benzene ring substituents is 1. The Morgan fingerprint density at radius 2 is 2.18 bits per heavy atom. The highest BCUT2D eigenvalue weighted by atomic mass is 16.6. The van der Waals surface area contributed by atoms with Gasteiger partial charge in [0, 0.05) is 24.1 Å². The van der Waals surface area contributed by atoms with Gasteiger partial charge in [-0.15, -0.1) is 0 Å². The molecule has 88 valence electrons. The van der Waals surface area contributed by atoms with Crippen LogP contribution in [0.4, 0.5) is 5.69 Å². The van der Waals surface area contributed by atoms with Gasteiger partial charge in [0.2, 0.25) is 0 Å². The molecule has 0 aromatic heterocycles. The topological polar surface area (TPSA) is 80.4 Å². The fraction of sp³-hybridized carbons (Fsp3) is 0.250. The lowest BCUT2D eigenvalue weighted by Crippen LogP contribution is -2.07. The molecule has 17 heavy (non-hydrogen) atoms. The molecule has 1 aromatic rings. The van der Waals surface area contributed by atoms with E-state index >= 15 is 0 Å². The monoisotopic (exact) mass is 233 g/mol. The second-order valence-electron chi connectivity index (χ2n) is 3.88.